The Kier molecular flexibility index (Phi) is 7.33. The number of hydrogen-bond acceptors (Lipinski definition) is 4. The van der Waals surface area contributed by atoms with E-state index in [1.807, 2.05) is 19.1 Å². The third-order valence-corrected chi connectivity index (χ3v) is 6.55. The van der Waals surface area contributed by atoms with Crippen LogP contribution in [0.15, 0.2) is 30.3 Å². The molecule has 0 spiro atoms. The molecule has 1 N–H and O–H groups in total. The SMILES string of the molecule is Cc1ccc(C(=O)NCCN2CCCC2)c(C2CCN(C(=O)c3ccc(F)cc3F)CC2)n1. The molecule has 0 aliphatic carbocycles. The van der Waals surface area contributed by atoms with Crippen LogP contribution in [-0.4, -0.2) is 65.9 Å². The van der Waals surface area contributed by atoms with Crippen molar-refractivity contribution in [2.45, 2.75) is 38.5 Å². The second-order valence-corrected chi connectivity index (χ2v) is 8.88. The summed E-state index contributed by atoms with van der Waals surface area (Å²) in [5.41, 5.74) is 2.05. The molecule has 6 nitrogen and oxygen atoms in total. The first kappa shape index (κ1) is 23.3. The van der Waals surface area contributed by atoms with Gasteiger partial charge in [0.2, 0.25) is 0 Å². The second-order valence-electron chi connectivity index (χ2n) is 8.88. The molecule has 0 saturated carbocycles. The van der Waals surface area contributed by atoms with Crippen molar-refractivity contribution in [3.8, 4) is 0 Å². The highest BCUT2D eigenvalue weighted by Gasteiger charge is 2.29. The van der Waals surface area contributed by atoms with Gasteiger partial charge in [-0.05, 0) is 70.0 Å². The molecular weight excluding hydrogens is 426 g/mol. The maximum Gasteiger partial charge on any atom is 0.256 e. The number of aryl methyl sites for hydroxylation is 1. The van der Waals surface area contributed by atoms with Crippen molar-refractivity contribution < 1.29 is 18.4 Å². The molecule has 33 heavy (non-hydrogen) atoms. The number of hydrogen-bond donors (Lipinski definition) is 1. The van der Waals surface area contributed by atoms with Gasteiger partial charge in [0.05, 0.1) is 16.8 Å². The van der Waals surface area contributed by atoms with Gasteiger partial charge in [-0.25, -0.2) is 8.78 Å². The zero-order chi connectivity index (χ0) is 23.4. The highest BCUT2D eigenvalue weighted by molar-refractivity contribution is 5.96. The van der Waals surface area contributed by atoms with Crippen molar-refractivity contribution in [1.82, 2.24) is 20.1 Å². The summed E-state index contributed by atoms with van der Waals surface area (Å²) in [6, 6.07) is 6.68. The molecule has 2 aromatic rings. The van der Waals surface area contributed by atoms with Gasteiger partial charge in [0.25, 0.3) is 11.8 Å². The van der Waals surface area contributed by atoms with Crippen molar-refractivity contribution in [1.29, 1.82) is 0 Å². The van der Waals surface area contributed by atoms with E-state index in [1.165, 1.54) is 18.9 Å². The van der Waals surface area contributed by atoms with Gasteiger partial charge in [0.15, 0.2) is 0 Å². The number of aromatic nitrogens is 1. The van der Waals surface area contributed by atoms with E-state index in [-0.39, 0.29) is 17.4 Å². The van der Waals surface area contributed by atoms with E-state index < -0.39 is 17.5 Å². The predicted molar refractivity (Wildman–Crippen MR) is 121 cm³/mol. The molecule has 176 valence electrons. The van der Waals surface area contributed by atoms with E-state index >= 15 is 0 Å². The summed E-state index contributed by atoms with van der Waals surface area (Å²) in [5.74, 6) is -2.09. The van der Waals surface area contributed by atoms with Crippen LogP contribution in [0.4, 0.5) is 8.78 Å². The number of nitrogens with one attached hydrogen (secondary N) is 1. The summed E-state index contributed by atoms with van der Waals surface area (Å²) in [7, 11) is 0. The summed E-state index contributed by atoms with van der Waals surface area (Å²) in [6.45, 7) is 6.37. The first-order valence-electron chi connectivity index (χ1n) is 11.6. The molecule has 2 amide bonds. The van der Waals surface area contributed by atoms with Gasteiger partial charge in [-0.2, -0.15) is 0 Å². The van der Waals surface area contributed by atoms with E-state index in [0.717, 1.165) is 43.2 Å². The second kappa shape index (κ2) is 10.4. The lowest BCUT2D eigenvalue weighted by molar-refractivity contribution is 0.0705. The predicted octanol–water partition coefficient (Wildman–Crippen LogP) is 3.51. The molecule has 2 saturated heterocycles. The Morgan fingerprint density at radius 1 is 1.03 bits per heavy atom. The van der Waals surface area contributed by atoms with E-state index in [4.69, 9.17) is 0 Å². The fraction of sp³-hybridized carbons (Fsp3) is 0.480. The van der Waals surface area contributed by atoms with Crippen LogP contribution in [-0.2, 0) is 0 Å². The maximum atomic E-state index is 14.0. The van der Waals surface area contributed by atoms with Crippen LogP contribution in [0.3, 0.4) is 0 Å². The number of likely N-dealkylation sites (tertiary alicyclic amines) is 2. The smallest absolute Gasteiger partial charge is 0.256 e. The van der Waals surface area contributed by atoms with Crippen molar-refractivity contribution in [2.24, 2.45) is 0 Å². The lowest BCUT2D eigenvalue weighted by atomic mass is 9.89. The number of amides is 2. The van der Waals surface area contributed by atoms with E-state index in [9.17, 15) is 18.4 Å². The van der Waals surface area contributed by atoms with Crippen LogP contribution in [0.5, 0.6) is 0 Å². The summed E-state index contributed by atoms with van der Waals surface area (Å²) in [6.07, 6.45) is 3.68. The zero-order valence-corrected chi connectivity index (χ0v) is 18.9. The average Bonchev–Trinajstić information content (AvgIpc) is 3.32. The van der Waals surface area contributed by atoms with E-state index in [2.05, 4.69) is 15.2 Å². The Labute approximate surface area is 193 Å². The monoisotopic (exact) mass is 456 g/mol. The van der Waals surface area contributed by atoms with Gasteiger partial charge in [0.1, 0.15) is 11.6 Å². The van der Waals surface area contributed by atoms with E-state index in [1.54, 1.807) is 4.90 Å². The Morgan fingerprint density at radius 2 is 1.73 bits per heavy atom. The Morgan fingerprint density at radius 3 is 2.42 bits per heavy atom. The fourth-order valence-corrected chi connectivity index (χ4v) is 4.70. The molecule has 0 atom stereocenters. The van der Waals surface area contributed by atoms with Crippen LogP contribution in [0.2, 0.25) is 0 Å². The molecule has 8 heteroatoms. The van der Waals surface area contributed by atoms with Crippen molar-refractivity contribution in [2.75, 3.05) is 39.3 Å². The van der Waals surface area contributed by atoms with Crippen LogP contribution in [0, 0.1) is 18.6 Å². The molecule has 2 fully saturated rings. The lowest BCUT2D eigenvalue weighted by Gasteiger charge is -2.32. The molecule has 4 rings (SSSR count). The molecule has 1 aromatic heterocycles. The fourth-order valence-electron chi connectivity index (χ4n) is 4.70. The van der Waals surface area contributed by atoms with Crippen molar-refractivity contribution in [3.63, 3.8) is 0 Å². The zero-order valence-electron chi connectivity index (χ0n) is 18.9. The number of pyridine rings is 1. The summed E-state index contributed by atoms with van der Waals surface area (Å²) in [4.78, 5) is 34.2. The number of piperidine rings is 1. The topological polar surface area (TPSA) is 65.5 Å². The molecular formula is C25H30F2N4O2. The van der Waals surface area contributed by atoms with Gasteiger partial charge in [0, 0.05) is 43.9 Å². The molecule has 0 radical (unpaired) electrons. The normalized spacial score (nSPS) is 17.4. The van der Waals surface area contributed by atoms with Crippen LogP contribution >= 0.6 is 0 Å². The third kappa shape index (κ3) is 5.55. The third-order valence-electron chi connectivity index (χ3n) is 6.55. The first-order valence-corrected chi connectivity index (χ1v) is 11.6. The minimum atomic E-state index is -0.852. The minimum absolute atomic E-state index is 0.0337. The molecule has 0 bridgehead atoms. The summed E-state index contributed by atoms with van der Waals surface area (Å²) >= 11 is 0. The first-order chi connectivity index (χ1) is 15.9. The molecule has 3 heterocycles. The number of benzene rings is 1. The maximum absolute atomic E-state index is 14.0. The Balaban J connectivity index is 1.39. The Hall–Kier alpha value is -2.87. The molecule has 1 aromatic carbocycles. The lowest BCUT2D eigenvalue weighted by Crippen LogP contribution is -2.39. The number of rotatable bonds is 6. The minimum Gasteiger partial charge on any atom is -0.351 e. The average molecular weight is 457 g/mol. The van der Waals surface area contributed by atoms with Gasteiger partial charge in [-0.15, -0.1) is 0 Å². The number of halogens is 2. The quantitative estimate of drug-likeness (QED) is 0.723. The molecule has 2 aliphatic rings. The standard InChI is InChI=1S/C25H30F2N4O2/c1-17-4-6-21(24(32)28-10-15-30-11-2-3-12-30)23(29-17)18-8-13-31(14-9-18)25(33)20-7-5-19(26)16-22(20)27/h4-7,16,18H,2-3,8-15H2,1H3,(H,28,32). The van der Waals surface area contributed by atoms with Gasteiger partial charge in [-0.1, -0.05) is 0 Å². The molecule has 0 unspecified atom stereocenters. The number of carbonyl (C=O) groups is 2. The van der Waals surface area contributed by atoms with Crippen LogP contribution in [0.1, 0.15) is 63.7 Å². The molecule has 2 aliphatic heterocycles. The number of carbonyl (C=O) groups excluding carboxylic acids is 2. The summed E-state index contributed by atoms with van der Waals surface area (Å²) in [5, 5.41) is 3.03. The summed E-state index contributed by atoms with van der Waals surface area (Å²) < 4.78 is 27.2. The number of nitrogens with zero attached hydrogens (tertiary/aromatic N) is 3. The van der Waals surface area contributed by atoms with Gasteiger partial charge in [-0.3, -0.25) is 14.6 Å². The van der Waals surface area contributed by atoms with Crippen LogP contribution < -0.4 is 5.32 Å². The van der Waals surface area contributed by atoms with E-state index in [0.29, 0.717) is 38.0 Å². The highest BCUT2D eigenvalue weighted by atomic mass is 19.1. The highest BCUT2D eigenvalue weighted by Crippen LogP contribution is 2.30. The van der Waals surface area contributed by atoms with Crippen molar-refractivity contribution >= 4 is 11.8 Å². The van der Waals surface area contributed by atoms with Crippen LogP contribution in [0.25, 0.3) is 0 Å². The van der Waals surface area contributed by atoms with Gasteiger partial charge < -0.3 is 15.1 Å². The largest absolute Gasteiger partial charge is 0.351 e. The van der Waals surface area contributed by atoms with Gasteiger partial charge >= 0.3 is 0 Å². The Bertz CT molecular complexity index is 1020. The van der Waals surface area contributed by atoms with Crippen molar-refractivity contribution in [3.05, 3.63) is 64.5 Å².